The Morgan fingerprint density at radius 3 is 2.11 bits per heavy atom. The molecule has 0 aliphatic heterocycles. The minimum Gasteiger partial charge on any atom is -0.465 e. The second kappa shape index (κ2) is 9.49. The fourth-order valence-electron chi connectivity index (χ4n) is 2.62. The number of methoxy groups -OCH3 is 1. The van der Waals surface area contributed by atoms with Crippen LogP contribution in [0.5, 0.6) is 0 Å². The maximum Gasteiger partial charge on any atom is 0.337 e. The second-order valence-electron chi connectivity index (χ2n) is 6.20. The van der Waals surface area contributed by atoms with E-state index in [1.807, 2.05) is 19.2 Å². The smallest absolute Gasteiger partial charge is 0.337 e. The van der Waals surface area contributed by atoms with Crippen LogP contribution in [-0.2, 0) is 16.1 Å². The fraction of sp³-hybridized carbons (Fsp3) is 0.250. The molecule has 0 saturated carbocycles. The van der Waals surface area contributed by atoms with Gasteiger partial charge in [-0.15, -0.1) is 0 Å². The first kappa shape index (κ1) is 20.1. The van der Waals surface area contributed by atoms with Crippen molar-refractivity contribution in [1.29, 1.82) is 0 Å². The number of rotatable bonds is 7. The van der Waals surface area contributed by atoms with Gasteiger partial charge in [-0.3, -0.25) is 9.59 Å². The highest BCUT2D eigenvalue weighted by atomic mass is 16.5. The van der Waals surface area contributed by atoms with E-state index in [0.29, 0.717) is 23.4 Å². The van der Waals surface area contributed by atoms with E-state index in [4.69, 9.17) is 0 Å². The number of benzene rings is 2. The van der Waals surface area contributed by atoms with Crippen LogP contribution in [-0.4, -0.2) is 45.5 Å². The molecule has 0 aromatic heterocycles. The third-order valence-corrected chi connectivity index (χ3v) is 4.00. The standard InChI is InChI=1S/C20H23N3O4/c1-21-19(25)15-6-4-14(5-7-15)12-23(2)13-18(24)22-17-10-8-16(9-11-17)20(26)27-3/h4-11H,12-13H2,1-3H3,(H,21,25)(H,22,24)/p+1. The van der Waals surface area contributed by atoms with Crippen LogP contribution in [0, 0.1) is 0 Å². The molecule has 1 atom stereocenters. The molecule has 2 aromatic rings. The summed E-state index contributed by atoms with van der Waals surface area (Å²) in [5, 5.41) is 5.39. The van der Waals surface area contributed by atoms with Crippen LogP contribution < -0.4 is 15.5 Å². The zero-order chi connectivity index (χ0) is 19.8. The highest BCUT2D eigenvalue weighted by molar-refractivity contribution is 5.94. The van der Waals surface area contributed by atoms with Crippen LogP contribution in [0.2, 0.25) is 0 Å². The maximum atomic E-state index is 12.2. The van der Waals surface area contributed by atoms with Gasteiger partial charge in [0, 0.05) is 23.9 Å². The van der Waals surface area contributed by atoms with E-state index >= 15 is 0 Å². The molecule has 0 aliphatic rings. The third kappa shape index (κ3) is 5.93. The minimum absolute atomic E-state index is 0.125. The molecule has 27 heavy (non-hydrogen) atoms. The van der Waals surface area contributed by atoms with Gasteiger partial charge in [0.25, 0.3) is 11.8 Å². The number of hydrogen-bond acceptors (Lipinski definition) is 4. The lowest BCUT2D eigenvalue weighted by Crippen LogP contribution is -3.08. The van der Waals surface area contributed by atoms with Crippen LogP contribution in [0.3, 0.4) is 0 Å². The van der Waals surface area contributed by atoms with Crippen LogP contribution in [0.4, 0.5) is 5.69 Å². The fourth-order valence-corrected chi connectivity index (χ4v) is 2.62. The summed E-state index contributed by atoms with van der Waals surface area (Å²) in [5.74, 6) is -0.667. The van der Waals surface area contributed by atoms with Crippen molar-refractivity contribution in [2.75, 3.05) is 33.1 Å². The molecule has 3 N–H and O–H groups in total. The number of quaternary nitrogens is 1. The number of likely N-dealkylation sites (N-methyl/N-ethyl adjacent to an activating group) is 1. The highest BCUT2D eigenvalue weighted by Crippen LogP contribution is 2.10. The average molecular weight is 370 g/mol. The van der Waals surface area contributed by atoms with E-state index in [-0.39, 0.29) is 18.4 Å². The van der Waals surface area contributed by atoms with E-state index in [1.165, 1.54) is 7.11 Å². The van der Waals surface area contributed by atoms with Gasteiger partial charge < -0.3 is 20.3 Å². The van der Waals surface area contributed by atoms with Crippen LogP contribution in [0.15, 0.2) is 48.5 Å². The zero-order valence-electron chi connectivity index (χ0n) is 15.7. The van der Waals surface area contributed by atoms with Crippen molar-refractivity contribution in [1.82, 2.24) is 5.32 Å². The first-order chi connectivity index (χ1) is 12.9. The largest absolute Gasteiger partial charge is 0.465 e. The summed E-state index contributed by atoms with van der Waals surface area (Å²) in [4.78, 5) is 36.2. The molecule has 0 aliphatic carbocycles. The molecule has 0 saturated heterocycles. The number of carbonyl (C=O) groups is 3. The Kier molecular flexibility index (Phi) is 7.08. The van der Waals surface area contributed by atoms with Crippen molar-refractivity contribution in [3.05, 3.63) is 65.2 Å². The minimum atomic E-state index is -0.417. The van der Waals surface area contributed by atoms with Gasteiger partial charge in [-0.2, -0.15) is 0 Å². The van der Waals surface area contributed by atoms with Gasteiger partial charge in [0.1, 0.15) is 6.54 Å². The summed E-state index contributed by atoms with van der Waals surface area (Å²) in [6.07, 6.45) is 0. The van der Waals surface area contributed by atoms with Crippen molar-refractivity contribution in [3.8, 4) is 0 Å². The third-order valence-electron chi connectivity index (χ3n) is 4.00. The number of amides is 2. The van der Waals surface area contributed by atoms with Crippen molar-refractivity contribution in [3.63, 3.8) is 0 Å². The number of anilines is 1. The van der Waals surface area contributed by atoms with Crippen LogP contribution in [0.1, 0.15) is 26.3 Å². The number of nitrogens with one attached hydrogen (secondary N) is 3. The molecule has 0 bridgehead atoms. The summed E-state index contributed by atoms with van der Waals surface area (Å²) in [5.41, 5.74) is 2.69. The predicted octanol–water partition coefficient (Wildman–Crippen LogP) is 0.486. The summed E-state index contributed by atoms with van der Waals surface area (Å²) in [6.45, 7) is 0.943. The molecule has 0 heterocycles. The molecule has 0 spiro atoms. The van der Waals surface area contributed by atoms with Crippen LogP contribution >= 0.6 is 0 Å². The Hall–Kier alpha value is -3.19. The van der Waals surface area contributed by atoms with Gasteiger partial charge in [0.15, 0.2) is 6.54 Å². The van der Waals surface area contributed by atoms with Crippen LogP contribution in [0.25, 0.3) is 0 Å². The molecular weight excluding hydrogens is 346 g/mol. The van der Waals surface area contributed by atoms with E-state index in [0.717, 1.165) is 10.5 Å². The van der Waals surface area contributed by atoms with Crippen molar-refractivity contribution in [2.45, 2.75) is 6.54 Å². The molecule has 7 nitrogen and oxygen atoms in total. The Labute approximate surface area is 158 Å². The molecule has 2 aromatic carbocycles. The highest BCUT2D eigenvalue weighted by Gasteiger charge is 2.12. The van der Waals surface area contributed by atoms with Crippen molar-refractivity contribution >= 4 is 23.5 Å². The number of hydrogen-bond donors (Lipinski definition) is 3. The van der Waals surface area contributed by atoms with E-state index < -0.39 is 5.97 Å². The van der Waals surface area contributed by atoms with Crippen molar-refractivity contribution < 1.29 is 24.0 Å². The Morgan fingerprint density at radius 2 is 1.56 bits per heavy atom. The second-order valence-corrected chi connectivity index (χ2v) is 6.20. The topological polar surface area (TPSA) is 88.9 Å². The van der Waals surface area contributed by atoms with Crippen molar-refractivity contribution in [2.24, 2.45) is 0 Å². The summed E-state index contributed by atoms with van der Waals surface area (Å²) in [6, 6.07) is 13.8. The Bertz CT molecular complexity index is 801. The summed E-state index contributed by atoms with van der Waals surface area (Å²) < 4.78 is 4.64. The molecule has 2 amide bonds. The first-order valence-electron chi connectivity index (χ1n) is 8.53. The molecule has 0 fully saturated rings. The number of ether oxygens (including phenoxy) is 1. The number of esters is 1. The van der Waals surface area contributed by atoms with Gasteiger partial charge in [0.2, 0.25) is 0 Å². The predicted molar refractivity (Wildman–Crippen MR) is 102 cm³/mol. The SMILES string of the molecule is CNC(=O)c1ccc(C[NH+](C)CC(=O)Nc2ccc(C(=O)OC)cc2)cc1. The van der Waals surface area contributed by atoms with Gasteiger partial charge in [-0.25, -0.2) is 4.79 Å². The molecule has 142 valence electrons. The van der Waals surface area contributed by atoms with E-state index in [2.05, 4.69) is 15.4 Å². The van der Waals surface area contributed by atoms with Gasteiger partial charge >= 0.3 is 5.97 Å². The lowest BCUT2D eigenvalue weighted by atomic mass is 10.1. The maximum absolute atomic E-state index is 12.2. The van der Waals surface area contributed by atoms with E-state index in [9.17, 15) is 14.4 Å². The summed E-state index contributed by atoms with van der Waals surface area (Å²) >= 11 is 0. The normalized spacial score (nSPS) is 11.4. The lowest BCUT2D eigenvalue weighted by molar-refractivity contribution is -0.885. The average Bonchev–Trinajstić information content (AvgIpc) is 2.67. The monoisotopic (exact) mass is 370 g/mol. The zero-order valence-corrected chi connectivity index (χ0v) is 15.7. The van der Waals surface area contributed by atoms with Gasteiger partial charge in [-0.1, -0.05) is 12.1 Å². The molecule has 2 rings (SSSR count). The van der Waals surface area contributed by atoms with Gasteiger partial charge in [0.05, 0.1) is 19.7 Å². The Balaban J connectivity index is 1.86. The molecule has 1 unspecified atom stereocenters. The Morgan fingerprint density at radius 1 is 0.963 bits per heavy atom. The van der Waals surface area contributed by atoms with Gasteiger partial charge in [-0.05, 0) is 36.4 Å². The quantitative estimate of drug-likeness (QED) is 0.619. The first-order valence-corrected chi connectivity index (χ1v) is 8.53. The lowest BCUT2D eigenvalue weighted by Gasteiger charge is -2.14. The summed E-state index contributed by atoms with van der Waals surface area (Å²) in [7, 11) is 4.84. The number of carbonyl (C=O) groups excluding carboxylic acids is 3. The molecule has 7 heteroatoms. The molecule has 0 radical (unpaired) electrons. The molecular formula is C20H24N3O4+. The van der Waals surface area contributed by atoms with E-state index in [1.54, 1.807) is 43.4 Å².